The van der Waals surface area contributed by atoms with Crippen LogP contribution in [0, 0.1) is 6.92 Å². The molecule has 0 fully saturated rings. The average molecular weight is 236 g/mol. The van der Waals surface area contributed by atoms with Crippen LogP contribution in [0.3, 0.4) is 0 Å². The highest BCUT2D eigenvalue weighted by atomic mass is 35.5. The van der Waals surface area contributed by atoms with E-state index in [0.717, 1.165) is 0 Å². The molecule has 0 amide bonds. The fraction of sp³-hybridized carbons (Fsp3) is 0.333. The molecule has 78 valence electrons. The number of carboxylic acids is 1. The van der Waals surface area contributed by atoms with Crippen molar-refractivity contribution in [2.24, 2.45) is 0 Å². The lowest BCUT2D eigenvalue weighted by atomic mass is 10.2. The normalized spacial score (nSPS) is 8.93. The smallest absolute Gasteiger partial charge is 0.339 e. The highest BCUT2D eigenvalue weighted by Gasteiger charge is 2.13. The molecular weight excluding hydrogens is 225 g/mol. The number of carbonyl (C=O) groups is 1. The van der Waals surface area contributed by atoms with Gasteiger partial charge in [0.2, 0.25) is 0 Å². The van der Waals surface area contributed by atoms with Crippen molar-refractivity contribution in [3.8, 4) is 0 Å². The molecule has 1 N–H and O–H groups in total. The third-order valence-electron chi connectivity index (χ3n) is 1.36. The van der Waals surface area contributed by atoms with Gasteiger partial charge < -0.3 is 5.11 Å². The Labute approximate surface area is 92.7 Å². The van der Waals surface area contributed by atoms with E-state index >= 15 is 0 Å². The van der Waals surface area contributed by atoms with E-state index in [1.54, 1.807) is 6.92 Å². The van der Waals surface area contributed by atoms with Crippen LogP contribution in [0.25, 0.3) is 0 Å². The summed E-state index contributed by atoms with van der Waals surface area (Å²) in [5.41, 5.74) is 0.508. The molecule has 0 saturated heterocycles. The van der Waals surface area contributed by atoms with Crippen LogP contribution in [0.2, 0.25) is 10.3 Å². The molecule has 0 aromatic carbocycles. The monoisotopic (exact) mass is 235 g/mol. The molecule has 0 spiro atoms. The second kappa shape index (κ2) is 5.83. The van der Waals surface area contributed by atoms with Crippen molar-refractivity contribution in [2.75, 3.05) is 0 Å². The predicted octanol–water partition coefficient (Wildman–Crippen LogP) is 3.42. The molecule has 0 radical (unpaired) electrons. The van der Waals surface area contributed by atoms with E-state index in [1.807, 2.05) is 13.8 Å². The molecule has 0 aliphatic heterocycles. The molecule has 1 heterocycles. The Morgan fingerprint density at radius 3 is 2.29 bits per heavy atom. The Morgan fingerprint density at radius 1 is 1.43 bits per heavy atom. The molecule has 1 aromatic heterocycles. The number of pyridine rings is 1. The van der Waals surface area contributed by atoms with Crippen LogP contribution < -0.4 is 0 Å². The average Bonchev–Trinajstić information content (AvgIpc) is 2.04. The predicted molar refractivity (Wildman–Crippen MR) is 57.3 cm³/mol. The van der Waals surface area contributed by atoms with Crippen molar-refractivity contribution < 1.29 is 9.90 Å². The molecule has 0 unspecified atom stereocenters. The Bertz CT molecular complexity index is 317. The first-order valence-corrected chi connectivity index (χ1v) is 4.84. The Morgan fingerprint density at radius 2 is 1.93 bits per heavy atom. The van der Waals surface area contributed by atoms with Gasteiger partial charge in [-0.3, -0.25) is 0 Å². The molecule has 3 nitrogen and oxygen atoms in total. The minimum absolute atomic E-state index is 0.000988. The number of aromatic carboxylic acids is 1. The summed E-state index contributed by atoms with van der Waals surface area (Å²) in [6.45, 7) is 5.61. The van der Waals surface area contributed by atoms with E-state index in [-0.39, 0.29) is 15.9 Å². The first-order chi connectivity index (χ1) is 6.52. The second-order valence-electron chi connectivity index (χ2n) is 2.23. The molecule has 0 atom stereocenters. The lowest BCUT2D eigenvalue weighted by Crippen LogP contribution is -2.02. The molecule has 1 rings (SSSR count). The zero-order valence-electron chi connectivity index (χ0n) is 8.14. The molecule has 0 bridgehead atoms. The summed E-state index contributed by atoms with van der Waals surface area (Å²) < 4.78 is 0. The van der Waals surface area contributed by atoms with Gasteiger partial charge in [-0.25, -0.2) is 9.78 Å². The number of carboxylic acid groups (broad SMARTS) is 1. The number of rotatable bonds is 1. The molecule has 0 aliphatic rings. The first-order valence-electron chi connectivity index (χ1n) is 4.08. The molecule has 5 heteroatoms. The Hall–Kier alpha value is -0.800. The van der Waals surface area contributed by atoms with Crippen LogP contribution in [0.1, 0.15) is 29.8 Å². The van der Waals surface area contributed by atoms with E-state index in [0.29, 0.717) is 5.56 Å². The lowest BCUT2D eigenvalue weighted by molar-refractivity contribution is 0.0696. The van der Waals surface area contributed by atoms with Crippen LogP contribution in [-0.2, 0) is 0 Å². The van der Waals surface area contributed by atoms with Gasteiger partial charge in [-0.05, 0) is 18.6 Å². The van der Waals surface area contributed by atoms with Gasteiger partial charge in [0.15, 0.2) is 0 Å². The van der Waals surface area contributed by atoms with Crippen molar-refractivity contribution in [2.45, 2.75) is 20.8 Å². The summed E-state index contributed by atoms with van der Waals surface area (Å²) in [5, 5.41) is 8.79. The van der Waals surface area contributed by atoms with E-state index in [9.17, 15) is 4.79 Å². The van der Waals surface area contributed by atoms with Crippen LogP contribution in [-0.4, -0.2) is 16.1 Å². The Balaban J connectivity index is 0.000000791. The van der Waals surface area contributed by atoms with Crippen molar-refractivity contribution in [3.63, 3.8) is 0 Å². The largest absolute Gasteiger partial charge is 0.478 e. The summed E-state index contributed by atoms with van der Waals surface area (Å²) in [7, 11) is 0. The Kier molecular flexibility index (Phi) is 5.50. The summed E-state index contributed by atoms with van der Waals surface area (Å²) in [4.78, 5) is 14.2. The van der Waals surface area contributed by atoms with Crippen LogP contribution in [0.5, 0.6) is 0 Å². The van der Waals surface area contributed by atoms with Gasteiger partial charge in [-0.1, -0.05) is 37.0 Å². The van der Waals surface area contributed by atoms with Crippen molar-refractivity contribution in [3.05, 3.63) is 27.5 Å². The summed E-state index contributed by atoms with van der Waals surface area (Å²) in [5.74, 6) is -1.10. The van der Waals surface area contributed by atoms with Gasteiger partial charge >= 0.3 is 5.97 Å². The number of halogens is 2. The third-order valence-corrected chi connectivity index (χ3v) is 1.82. The van der Waals surface area contributed by atoms with E-state index in [4.69, 9.17) is 28.3 Å². The van der Waals surface area contributed by atoms with Crippen LogP contribution in [0.15, 0.2) is 6.07 Å². The van der Waals surface area contributed by atoms with Crippen molar-refractivity contribution in [1.29, 1.82) is 0 Å². The minimum Gasteiger partial charge on any atom is -0.478 e. The van der Waals surface area contributed by atoms with Crippen LogP contribution >= 0.6 is 23.2 Å². The highest BCUT2D eigenvalue weighted by Crippen LogP contribution is 2.20. The SMILES string of the molecule is CC.Cc1cc(Cl)nc(Cl)c1C(=O)O. The molecular formula is C9H11Cl2NO2. The van der Waals surface area contributed by atoms with Gasteiger partial charge in [-0.2, -0.15) is 0 Å². The maximum absolute atomic E-state index is 10.6. The van der Waals surface area contributed by atoms with Crippen molar-refractivity contribution >= 4 is 29.2 Å². The van der Waals surface area contributed by atoms with Gasteiger partial charge in [0.25, 0.3) is 0 Å². The van der Waals surface area contributed by atoms with Crippen molar-refractivity contribution in [1.82, 2.24) is 4.98 Å². The van der Waals surface area contributed by atoms with E-state index in [2.05, 4.69) is 4.98 Å². The fourth-order valence-corrected chi connectivity index (χ4v) is 1.46. The van der Waals surface area contributed by atoms with E-state index < -0.39 is 5.97 Å². The van der Waals surface area contributed by atoms with Gasteiger partial charge in [-0.15, -0.1) is 0 Å². The zero-order valence-corrected chi connectivity index (χ0v) is 9.65. The maximum Gasteiger partial charge on any atom is 0.339 e. The number of aromatic nitrogens is 1. The number of hydrogen-bond acceptors (Lipinski definition) is 2. The van der Waals surface area contributed by atoms with Gasteiger partial charge in [0.1, 0.15) is 10.3 Å². The fourth-order valence-electron chi connectivity index (χ4n) is 0.852. The third kappa shape index (κ3) is 3.16. The second-order valence-corrected chi connectivity index (χ2v) is 2.98. The number of hydrogen-bond donors (Lipinski definition) is 1. The summed E-state index contributed by atoms with van der Waals surface area (Å²) in [6, 6.07) is 1.46. The minimum atomic E-state index is -1.10. The molecule has 0 saturated carbocycles. The summed E-state index contributed by atoms with van der Waals surface area (Å²) >= 11 is 11.1. The summed E-state index contributed by atoms with van der Waals surface area (Å²) in [6.07, 6.45) is 0. The van der Waals surface area contributed by atoms with Gasteiger partial charge in [0, 0.05) is 0 Å². The number of aryl methyl sites for hydroxylation is 1. The lowest BCUT2D eigenvalue weighted by Gasteiger charge is -2.02. The molecule has 14 heavy (non-hydrogen) atoms. The standard InChI is InChI=1S/C7H5Cl2NO2.C2H6/c1-3-2-4(8)10-6(9)5(3)7(11)12;1-2/h2H,1H3,(H,11,12);1-2H3. The van der Waals surface area contributed by atoms with Crippen LogP contribution in [0.4, 0.5) is 0 Å². The zero-order chi connectivity index (χ0) is 11.3. The highest BCUT2D eigenvalue weighted by molar-refractivity contribution is 6.34. The first kappa shape index (κ1) is 13.2. The maximum atomic E-state index is 10.6. The van der Waals surface area contributed by atoms with Gasteiger partial charge in [0.05, 0.1) is 5.56 Å². The molecule has 1 aromatic rings. The van der Waals surface area contributed by atoms with E-state index in [1.165, 1.54) is 6.07 Å². The topological polar surface area (TPSA) is 50.2 Å². The quantitative estimate of drug-likeness (QED) is 0.760. The molecule has 0 aliphatic carbocycles. The number of nitrogens with zero attached hydrogens (tertiary/aromatic N) is 1.